The second-order valence-corrected chi connectivity index (χ2v) is 5.65. The lowest BCUT2D eigenvalue weighted by atomic mass is 10.2. The van der Waals surface area contributed by atoms with Crippen molar-refractivity contribution in [1.29, 1.82) is 0 Å². The fourth-order valence-electron chi connectivity index (χ4n) is 2.82. The molecular weight excluding hydrogens is 318 g/mol. The molecule has 126 valence electrons. The van der Waals surface area contributed by atoms with E-state index in [9.17, 15) is 4.79 Å². The molecule has 0 unspecified atom stereocenters. The molecule has 1 N–H and O–H groups in total. The van der Waals surface area contributed by atoms with Gasteiger partial charge < -0.3 is 14.5 Å². The molecule has 0 atom stereocenters. The van der Waals surface area contributed by atoms with E-state index in [0.29, 0.717) is 19.2 Å². The minimum absolute atomic E-state index is 0.130. The quantitative estimate of drug-likeness (QED) is 0.569. The highest BCUT2D eigenvalue weighted by Crippen LogP contribution is 2.21. The Kier molecular flexibility index (Phi) is 3.95. The summed E-state index contributed by atoms with van der Waals surface area (Å²) in [6.07, 6.45) is 0. The van der Waals surface area contributed by atoms with Crippen molar-refractivity contribution in [1.82, 2.24) is 14.5 Å². The van der Waals surface area contributed by atoms with E-state index in [0.717, 1.165) is 27.7 Å². The van der Waals surface area contributed by atoms with Gasteiger partial charge in [0.05, 0.1) is 23.2 Å². The van der Waals surface area contributed by atoms with Crippen LogP contribution in [0, 0.1) is 0 Å². The summed E-state index contributed by atoms with van der Waals surface area (Å²) >= 11 is 0. The summed E-state index contributed by atoms with van der Waals surface area (Å²) in [6, 6.07) is 16.7. The van der Waals surface area contributed by atoms with E-state index >= 15 is 0 Å². The second kappa shape index (κ2) is 6.41. The first-order chi connectivity index (χ1) is 12.3. The van der Waals surface area contributed by atoms with Gasteiger partial charge in [-0.1, -0.05) is 18.2 Å². The highest BCUT2D eigenvalue weighted by molar-refractivity contribution is 5.82. The third kappa shape index (κ3) is 2.88. The van der Waals surface area contributed by atoms with Crippen molar-refractivity contribution in [3.63, 3.8) is 0 Å². The number of aromatic nitrogens is 3. The topological polar surface area (TPSA) is 69.1 Å². The number of nitrogens with one attached hydrogen (secondary N) is 1. The van der Waals surface area contributed by atoms with Crippen molar-refractivity contribution in [3.05, 3.63) is 65.0 Å². The van der Waals surface area contributed by atoms with Crippen LogP contribution < -0.4 is 10.3 Å². The van der Waals surface area contributed by atoms with Crippen molar-refractivity contribution < 1.29 is 9.47 Å². The first kappa shape index (κ1) is 15.4. The maximum atomic E-state index is 12.4. The van der Waals surface area contributed by atoms with Gasteiger partial charge in [0.15, 0.2) is 0 Å². The molecule has 0 radical (unpaired) electrons. The van der Waals surface area contributed by atoms with Gasteiger partial charge in [-0.2, -0.15) is 0 Å². The Balaban J connectivity index is 1.80. The number of benzene rings is 2. The first-order valence-corrected chi connectivity index (χ1v) is 7.99. The summed E-state index contributed by atoms with van der Waals surface area (Å²) in [5.41, 5.74) is 2.26. The largest absolute Gasteiger partial charge is 0.491 e. The zero-order valence-electron chi connectivity index (χ0n) is 13.7. The number of ether oxygens (including phenoxy) is 2. The molecule has 6 heteroatoms. The molecule has 0 spiro atoms. The number of hydrogen-bond donors (Lipinski definition) is 1. The Morgan fingerprint density at radius 2 is 1.96 bits per heavy atom. The van der Waals surface area contributed by atoms with Crippen molar-refractivity contribution in [2.75, 3.05) is 20.3 Å². The average molecular weight is 335 g/mol. The van der Waals surface area contributed by atoms with Crippen LogP contribution in [-0.2, 0) is 4.74 Å². The van der Waals surface area contributed by atoms with E-state index in [1.807, 2.05) is 48.5 Å². The molecule has 0 bridgehead atoms. The normalized spacial score (nSPS) is 11.2. The van der Waals surface area contributed by atoms with Crippen molar-refractivity contribution in [3.8, 4) is 11.7 Å². The highest BCUT2D eigenvalue weighted by atomic mass is 16.5. The average Bonchev–Trinajstić information content (AvgIpc) is 3.04. The SMILES string of the molecule is COCCOc1ccc2nc(-n3c(=O)ccc4ccccc43)[nH]c2c1. The zero-order valence-corrected chi connectivity index (χ0v) is 13.7. The van der Waals surface area contributed by atoms with Crippen LogP contribution in [0.3, 0.4) is 0 Å². The third-order valence-electron chi connectivity index (χ3n) is 4.01. The van der Waals surface area contributed by atoms with Crippen molar-refractivity contribution in [2.24, 2.45) is 0 Å². The predicted molar refractivity (Wildman–Crippen MR) is 96.6 cm³/mol. The molecule has 25 heavy (non-hydrogen) atoms. The molecule has 0 saturated carbocycles. The first-order valence-electron chi connectivity index (χ1n) is 7.99. The molecule has 0 aliphatic rings. The van der Waals surface area contributed by atoms with Crippen LogP contribution in [0.15, 0.2) is 59.4 Å². The molecule has 0 aliphatic heterocycles. The van der Waals surface area contributed by atoms with Gasteiger partial charge >= 0.3 is 0 Å². The summed E-state index contributed by atoms with van der Waals surface area (Å²) in [6.45, 7) is 1.00. The molecule has 2 aromatic carbocycles. The number of para-hydroxylation sites is 1. The Labute approximate surface area is 143 Å². The third-order valence-corrected chi connectivity index (χ3v) is 4.01. The van der Waals surface area contributed by atoms with Crippen molar-refractivity contribution >= 4 is 21.9 Å². The number of fused-ring (bicyclic) bond motifs is 2. The number of imidazole rings is 1. The summed E-state index contributed by atoms with van der Waals surface area (Å²) in [4.78, 5) is 20.2. The number of H-pyrrole nitrogens is 1. The van der Waals surface area contributed by atoms with Crippen LogP contribution in [0.25, 0.3) is 27.9 Å². The highest BCUT2D eigenvalue weighted by Gasteiger charge is 2.10. The molecule has 2 aromatic heterocycles. The Bertz CT molecular complexity index is 1100. The fourth-order valence-corrected chi connectivity index (χ4v) is 2.82. The summed E-state index contributed by atoms with van der Waals surface area (Å²) in [7, 11) is 1.63. The Morgan fingerprint density at radius 3 is 2.84 bits per heavy atom. The molecule has 0 fully saturated rings. The van der Waals surface area contributed by atoms with E-state index < -0.39 is 0 Å². The number of methoxy groups -OCH3 is 1. The Hall–Kier alpha value is -3.12. The van der Waals surface area contributed by atoms with Crippen LogP contribution in [0.1, 0.15) is 0 Å². The van der Waals surface area contributed by atoms with Crippen LogP contribution >= 0.6 is 0 Å². The summed E-state index contributed by atoms with van der Waals surface area (Å²) in [5.74, 6) is 1.22. The molecule has 2 heterocycles. The van der Waals surface area contributed by atoms with Gasteiger partial charge in [0.2, 0.25) is 5.95 Å². The smallest absolute Gasteiger partial charge is 0.257 e. The fraction of sp³-hybridized carbons (Fsp3) is 0.158. The van der Waals surface area contributed by atoms with Gasteiger partial charge in [-0.15, -0.1) is 0 Å². The molecule has 4 aromatic rings. The van der Waals surface area contributed by atoms with Gasteiger partial charge in [0.25, 0.3) is 5.56 Å². The van der Waals surface area contributed by atoms with Crippen LogP contribution in [0.5, 0.6) is 5.75 Å². The van der Waals surface area contributed by atoms with E-state index in [2.05, 4.69) is 9.97 Å². The molecule has 0 saturated heterocycles. The monoisotopic (exact) mass is 335 g/mol. The van der Waals surface area contributed by atoms with Crippen LogP contribution in [0.4, 0.5) is 0 Å². The Morgan fingerprint density at radius 1 is 1.08 bits per heavy atom. The zero-order chi connectivity index (χ0) is 17.2. The molecule has 4 rings (SSSR count). The maximum absolute atomic E-state index is 12.4. The van der Waals surface area contributed by atoms with Gasteiger partial charge in [0, 0.05) is 19.2 Å². The van der Waals surface area contributed by atoms with Gasteiger partial charge in [0.1, 0.15) is 12.4 Å². The number of rotatable bonds is 5. The molecule has 6 nitrogen and oxygen atoms in total. The number of aromatic amines is 1. The summed E-state index contributed by atoms with van der Waals surface area (Å²) < 4.78 is 12.2. The van der Waals surface area contributed by atoms with Crippen LogP contribution in [0.2, 0.25) is 0 Å². The maximum Gasteiger partial charge on any atom is 0.257 e. The minimum atomic E-state index is -0.130. The van der Waals surface area contributed by atoms with Crippen LogP contribution in [-0.4, -0.2) is 34.9 Å². The minimum Gasteiger partial charge on any atom is -0.491 e. The summed E-state index contributed by atoms with van der Waals surface area (Å²) in [5, 5.41) is 0.978. The predicted octanol–water partition coefficient (Wildman–Crippen LogP) is 2.89. The number of hydrogen-bond acceptors (Lipinski definition) is 4. The van der Waals surface area contributed by atoms with Crippen molar-refractivity contribution in [2.45, 2.75) is 0 Å². The van der Waals surface area contributed by atoms with E-state index in [4.69, 9.17) is 9.47 Å². The lowest BCUT2D eigenvalue weighted by molar-refractivity contribution is 0.146. The number of nitrogens with zero attached hydrogens (tertiary/aromatic N) is 2. The lowest BCUT2D eigenvalue weighted by Crippen LogP contribution is -2.18. The number of pyridine rings is 1. The standard InChI is InChI=1S/C19H17N3O3/c1-24-10-11-25-14-7-8-15-16(12-14)21-19(20-15)22-17-5-3-2-4-13(17)6-9-18(22)23/h2-9,12H,10-11H2,1H3,(H,20,21). The van der Waals surface area contributed by atoms with E-state index in [1.54, 1.807) is 17.7 Å². The lowest BCUT2D eigenvalue weighted by Gasteiger charge is -2.06. The van der Waals surface area contributed by atoms with Gasteiger partial charge in [-0.3, -0.25) is 4.79 Å². The van der Waals surface area contributed by atoms with Gasteiger partial charge in [-0.05, 0) is 29.7 Å². The molecular formula is C19H17N3O3. The van der Waals surface area contributed by atoms with E-state index in [-0.39, 0.29) is 5.56 Å². The van der Waals surface area contributed by atoms with Gasteiger partial charge in [-0.25, -0.2) is 9.55 Å². The second-order valence-electron chi connectivity index (χ2n) is 5.65. The molecule has 0 aliphatic carbocycles. The van der Waals surface area contributed by atoms with E-state index in [1.165, 1.54) is 0 Å². The molecule has 0 amide bonds.